The van der Waals surface area contributed by atoms with Gasteiger partial charge in [-0.25, -0.2) is 0 Å². The Morgan fingerprint density at radius 2 is 1.82 bits per heavy atom. The van der Waals surface area contributed by atoms with Gasteiger partial charge < -0.3 is 10.1 Å². The van der Waals surface area contributed by atoms with Gasteiger partial charge in [0.05, 0.1) is 7.11 Å². The van der Waals surface area contributed by atoms with E-state index in [4.69, 9.17) is 27.9 Å². The number of carbonyl (C=O) groups is 1. The van der Waals surface area contributed by atoms with Gasteiger partial charge in [-0.3, -0.25) is 4.79 Å². The molecule has 0 fully saturated rings. The molecule has 0 aliphatic carbocycles. The number of carbonyl (C=O) groups excluding carboxylic acids is 1. The van der Waals surface area contributed by atoms with Gasteiger partial charge in [0, 0.05) is 22.2 Å². The Bertz CT molecular complexity index is 666. The van der Waals surface area contributed by atoms with Crippen LogP contribution >= 0.6 is 23.2 Å². The molecule has 2 rings (SSSR count). The fraction of sp³-hybridized carbons (Fsp3) is 0.235. The summed E-state index contributed by atoms with van der Waals surface area (Å²) in [5.74, 6) is 0.772. The Labute approximate surface area is 140 Å². The van der Waals surface area contributed by atoms with Crippen molar-refractivity contribution >= 4 is 34.8 Å². The molecule has 3 nitrogen and oxygen atoms in total. The number of hydrogen-bond donors (Lipinski definition) is 1. The van der Waals surface area contributed by atoms with Crippen molar-refractivity contribution in [2.75, 3.05) is 12.4 Å². The van der Waals surface area contributed by atoms with E-state index in [1.807, 2.05) is 25.1 Å². The molecule has 0 saturated heterocycles. The summed E-state index contributed by atoms with van der Waals surface area (Å²) in [6.45, 7) is 1.98. The topological polar surface area (TPSA) is 38.3 Å². The van der Waals surface area contributed by atoms with Crippen LogP contribution in [0.25, 0.3) is 0 Å². The summed E-state index contributed by atoms with van der Waals surface area (Å²) in [6.07, 6.45) is 1.04. The first kappa shape index (κ1) is 16.7. The molecule has 0 heterocycles. The third kappa shape index (κ3) is 4.65. The monoisotopic (exact) mass is 337 g/mol. The third-order valence-corrected chi connectivity index (χ3v) is 3.68. The van der Waals surface area contributed by atoms with E-state index < -0.39 is 0 Å². The molecule has 0 unspecified atom stereocenters. The van der Waals surface area contributed by atoms with Crippen LogP contribution in [-0.4, -0.2) is 13.0 Å². The number of rotatable bonds is 5. The summed E-state index contributed by atoms with van der Waals surface area (Å²) in [7, 11) is 1.64. The first-order chi connectivity index (χ1) is 10.5. The van der Waals surface area contributed by atoms with Crippen LogP contribution in [0.4, 0.5) is 5.69 Å². The first-order valence-electron chi connectivity index (χ1n) is 6.87. The quantitative estimate of drug-likeness (QED) is 0.844. The van der Waals surface area contributed by atoms with Crippen molar-refractivity contribution in [2.24, 2.45) is 0 Å². The van der Waals surface area contributed by atoms with Gasteiger partial charge >= 0.3 is 0 Å². The largest absolute Gasteiger partial charge is 0.496 e. The van der Waals surface area contributed by atoms with Crippen LogP contribution in [0.15, 0.2) is 36.4 Å². The van der Waals surface area contributed by atoms with Crippen molar-refractivity contribution in [3.63, 3.8) is 0 Å². The van der Waals surface area contributed by atoms with Crippen molar-refractivity contribution in [1.82, 2.24) is 0 Å². The Balaban J connectivity index is 1.94. The summed E-state index contributed by atoms with van der Waals surface area (Å²) < 4.78 is 5.22. The molecule has 22 heavy (non-hydrogen) atoms. The van der Waals surface area contributed by atoms with Crippen LogP contribution in [0, 0.1) is 6.92 Å². The second-order valence-electron chi connectivity index (χ2n) is 5.01. The SMILES string of the molecule is COc1ccc(CCC(=O)Nc2cc(Cl)cc(Cl)c2)cc1C. The number of aryl methyl sites for hydroxylation is 2. The second kappa shape index (κ2) is 7.52. The van der Waals surface area contributed by atoms with E-state index >= 15 is 0 Å². The van der Waals surface area contributed by atoms with Crippen LogP contribution in [-0.2, 0) is 11.2 Å². The lowest BCUT2D eigenvalue weighted by Crippen LogP contribution is -2.12. The van der Waals surface area contributed by atoms with E-state index in [1.54, 1.807) is 25.3 Å². The molecule has 0 aromatic heterocycles. The van der Waals surface area contributed by atoms with E-state index in [9.17, 15) is 4.79 Å². The molecule has 0 bridgehead atoms. The fourth-order valence-corrected chi connectivity index (χ4v) is 2.73. The summed E-state index contributed by atoms with van der Waals surface area (Å²) in [5.41, 5.74) is 2.76. The number of anilines is 1. The molecule has 0 spiro atoms. The molecule has 1 amide bonds. The molecule has 0 atom stereocenters. The smallest absolute Gasteiger partial charge is 0.224 e. The van der Waals surface area contributed by atoms with Crippen molar-refractivity contribution in [3.05, 3.63) is 57.6 Å². The van der Waals surface area contributed by atoms with E-state index in [-0.39, 0.29) is 5.91 Å². The number of amides is 1. The van der Waals surface area contributed by atoms with Crippen molar-refractivity contribution in [3.8, 4) is 5.75 Å². The predicted molar refractivity (Wildman–Crippen MR) is 91.1 cm³/mol. The molecule has 0 aliphatic rings. The first-order valence-corrected chi connectivity index (χ1v) is 7.63. The average molecular weight is 338 g/mol. The zero-order valence-corrected chi connectivity index (χ0v) is 14.0. The maximum absolute atomic E-state index is 12.0. The van der Waals surface area contributed by atoms with E-state index in [2.05, 4.69) is 5.32 Å². The van der Waals surface area contributed by atoms with Crippen LogP contribution in [0.1, 0.15) is 17.5 Å². The highest BCUT2D eigenvalue weighted by molar-refractivity contribution is 6.35. The van der Waals surface area contributed by atoms with Gasteiger partial charge in [-0.05, 0) is 48.7 Å². The number of methoxy groups -OCH3 is 1. The normalized spacial score (nSPS) is 10.4. The summed E-state index contributed by atoms with van der Waals surface area (Å²) in [5, 5.41) is 3.79. The van der Waals surface area contributed by atoms with Gasteiger partial charge in [-0.2, -0.15) is 0 Å². The molecule has 1 N–H and O–H groups in total. The number of halogens is 2. The lowest BCUT2D eigenvalue weighted by atomic mass is 10.1. The fourth-order valence-electron chi connectivity index (χ4n) is 2.20. The predicted octanol–water partition coefficient (Wildman–Crippen LogP) is 4.88. The van der Waals surface area contributed by atoms with E-state index in [0.717, 1.165) is 16.9 Å². The van der Waals surface area contributed by atoms with Crippen molar-refractivity contribution in [2.45, 2.75) is 19.8 Å². The Kier molecular flexibility index (Phi) is 5.69. The Morgan fingerprint density at radius 3 is 2.41 bits per heavy atom. The molecule has 0 aliphatic heterocycles. The molecule has 0 saturated carbocycles. The van der Waals surface area contributed by atoms with Crippen molar-refractivity contribution < 1.29 is 9.53 Å². The number of ether oxygens (including phenoxy) is 1. The number of nitrogens with one attached hydrogen (secondary N) is 1. The Morgan fingerprint density at radius 1 is 1.14 bits per heavy atom. The summed E-state index contributed by atoms with van der Waals surface area (Å²) >= 11 is 11.8. The maximum atomic E-state index is 12.0. The molecule has 116 valence electrons. The van der Waals surface area contributed by atoms with Gasteiger partial charge in [-0.15, -0.1) is 0 Å². The van der Waals surface area contributed by atoms with Crippen LogP contribution in [0.5, 0.6) is 5.75 Å². The highest BCUT2D eigenvalue weighted by Gasteiger charge is 2.06. The van der Waals surface area contributed by atoms with Crippen molar-refractivity contribution in [1.29, 1.82) is 0 Å². The van der Waals surface area contributed by atoms with Crippen LogP contribution in [0.3, 0.4) is 0 Å². The number of hydrogen-bond acceptors (Lipinski definition) is 2. The van der Waals surface area contributed by atoms with E-state index in [0.29, 0.717) is 28.6 Å². The standard InChI is InChI=1S/C17H17Cl2NO2/c1-11-7-12(3-5-16(11)22-2)4-6-17(21)20-15-9-13(18)8-14(19)10-15/h3,5,7-10H,4,6H2,1-2H3,(H,20,21). The van der Waals surface area contributed by atoms with Gasteiger partial charge in [0.15, 0.2) is 0 Å². The minimum absolute atomic E-state index is 0.0770. The van der Waals surface area contributed by atoms with E-state index in [1.165, 1.54) is 0 Å². The van der Waals surface area contributed by atoms with Crippen LogP contribution in [0.2, 0.25) is 10.0 Å². The highest BCUT2D eigenvalue weighted by atomic mass is 35.5. The van der Waals surface area contributed by atoms with Gasteiger partial charge in [0.25, 0.3) is 0 Å². The van der Waals surface area contributed by atoms with Gasteiger partial charge in [0.2, 0.25) is 5.91 Å². The molecule has 5 heteroatoms. The molecular weight excluding hydrogens is 321 g/mol. The Hall–Kier alpha value is -1.71. The third-order valence-electron chi connectivity index (χ3n) is 3.25. The second-order valence-corrected chi connectivity index (χ2v) is 5.88. The minimum Gasteiger partial charge on any atom is -0.496 e. The average Bonchev–Trinajstić information content (AvgIpc) is 2.44. The lowest BCUT2D eigenvalue weighted by molar-refractivity contribution is -0.116. The summed E-state index contributed by atoms with van der Waals surface area (Å²) in [4.78, 5) is 12.0. The van der Waals surface area contributed by atoms with Gasteiger partial charge in [-0.1, -0.05) is 35.3 Å². The zero-order chi connectivity index (χ0) is 16.1. The molecule has 0 radical (unpaired) electrons. The molecular formula is C17H17Cl2NO2. The lowest BCUT2D eigenvalue weighted by Gasteiger charge is -2.08. The van der Waals surface area contributed by atoms with Gasteiger partial charge in [0.1, 0.15) is 5.75 Å². The number of benzene rings is 2. The zero-order valence-electron chi connectivity index (χ0n) is 12.5. The maximum Gasteiger partial charge on any atom is 0.224 e. The summed E-state index contributed by atoms with van der Waals surface area (Å²) in [6, 6.07) is 10.9. The minimum atomic E-state index is -0.0770. The molecule has 2 aromatic rings. The van der Waals surface area contributed by atoms with Crippen LogP contribution < -0.4 is 10.1 Å². The highest BCUT2D eigenvalue weighted by Crippen LogP contribution is 2.23. The molecule has 2 aromatic carbocycles.